The van der Waals surface area contributed by atoms with Gasteiger partial charge in [0.2, 0.25) is 0 Å². The molecule has 1 atom stereocenters. The van der Waals surface area contributed by atoms with Crippen LogP contribution < -0.4 is 10.2 Å². The molecule has 0 unspecified atom stereocenters. The number of hydrogen-bond donors (Lipinski definition) is 1. The number of benzene rings is 3. The van der Waals surface area contributed by atoms with Crippen molar-refractivity contribution in [2.75, 3.05) is 0 Å². The van der Waals surface area contributed by atoms with E-state index in [9.17, 15) is 4.79 Å². The smallest absolute Gasteiger partial charge is 0.280 e. The van der Waals surface area contributed by atoms with E-state index in [1.807, 2.05) is 66.7 Å². The van der Waals surface area contributed by atoms with Crippen LogP contribution in [0.2, 0.25) is 0 Å². The third-order valence-corrected chi connectivity index (χ3v) is 4.19. The topological polar surface area (TPSA) is 50.7 Å². The van der Waals surface area contributed by atoms with Crippen molar-refractivity contribution in [2.24, 2.45) is 5.10 Å². The van der Waals surface area contributed by atoms with Crippen molar-refractivity contribution in [3.63, 3.8) is 0 Å². The Balaban J connectivity index is 1.58. The van der Waals surface area contributed by atoms with Crippen molar-refractivity contribution in [1.29, 1.82) is 0 Å². The Bertz CT molecular complexity index is 907. The van der Waals surface area contributed by atoms with Gasteiger partial charge in [-0.2, -0.15) is 5.10 Å². The van der Waals surface area contributed by atoms with E-state index in [4.69, 9.17) is 4.74 Å². The van der Waals surface area contributed by atoms with Crippen LogP contribution in [0.25, 0.3) is 10.8 Å². The van der Waals surface area contributed by atoms with E-state index in [-0.39, 0.29) is 5.91 Å². The highest BCUT2D eigenvalue weighted by atomic mass is 79.9. The van der Waals surface area contributed by atoms with Crippen molar-refractivity contribution >= 4 is 38.8 Å². The summed E-state index contributed by atoms with van der Waals surface area (Å²) in [6.45, 7) is 1.69. The lowest BCUT2D eigenvalue weighted by atomic mass is 10.1. The number of hydrogen-bond acceptors (Lipinski definition) is 3. The fraction of sp³-hybridized carbons (Fsp3) is 0.100. The van der Waals surface area contributed by atoms with Gasteiger partial charge in [-0.3, -0.25) is 4.79 Å². The van der Waals surface area contributed by atoms with E-state index in [0.717, 1.165) is 20.8 Å². The van der Waals surface area contributed by atoms with Gasteiger partial charge < -0.3 is 4.74 Å². The lowest BCUT2D eigenvalue weighted by molar-refractivity contribution is -0.127. The molecule has 5 heteroatoms. The zero-order chi connectivity index (χ0) is 17.6. The molecular formula is C20H17BrN2O2. The minimum Gasteiger partial charge on any atom is -0.481 e. The average molecular weight is 397 g/mol. The highest BCUT2D eigenvalue weighted by Gasteiger charge is 2.14. The Hall–Kier alpha value is -2.66. The zero-order valence-electron chi connectivity index (χ0n) is 13.6. The summed E-state index contributed by atoms with van der Waals surface area (Å²) in [6, 6.07) is 21.4. The highest BCUT2D eigenvalue weighted by Crippen LogP contribution is 2.21. The molecule has 0 aromatic heterocycles. The van der Waals surface area contributed by atoms with E-state index in [0.29, 0.717) is 5.75 Å². The molecule has 0 bridgehead atoms. The van der Waals surface area contributed by atoms with Crippen LogP contribution in [0.3, 0.4) is 0 Å². The summed E-state index contributed by atoms with van der Waals surface area (Å²) in [4.78, 5) is 12.1. The van der Waals surface area contributed by atoms with Gasteiger partial charge in [0.05, 0.1) is 6.21 Å². The van der Waals surface area contributed by atoms with E-state index < -0.39 is 6.10 Å². The van der Waals surface area contributed by atoms with Crippen LogP contribution in [0.5, 0.6) is 5.75 Å². The molecule has 1 N–H and O–H groups in total. The Kier molecular flexibility index (Phi) is 5.46. The molecule has 1 amide bonds. The second-order valence-corrected chi connectivity index (χ2v) is 6.47. The first-order valence-electron chi connectivity index (χ1n) is 7.86. The molecule has 0 radical (unpaired) electrons. The monoisotopic (exact) mass is 396 g/mol. The van der Waals surface area contributed by atoms with Gasteiger partial charge in [0.1, 0.15) is 5.75 Å². The zero-order valence-corrected chi connectivity index (χ0v) is 15.2. The quantitative estimate of drug-likeness (QED) is 0.509. The van der Waals surface area contributed by atoms with Crippen LogP contribution in [0, 0.1) is 0 Å². The molecule has 0 saturated carbocycles. The molecule has 0 aliphatic heterocycles. The lowest BCUT2D eigenvalue weighted by Gasteiger charge is -2.13. The summed E-state index contributed by atoms with van der Waals surface area (Å²) in [7, 11) is 0. The second kappa shape index (κ2) is 7.94. The van der Waals surface area contributed by atoms with Crippen LogP contribution in [-0.2, 0) is 4.79 Å². The number of rotatable bonds is 5. The first kappa shape index (κ1) is 17.2. The number of carbonyl (C=O) groups excluding carboxylic acids is 1. The van der Waals surface area contributed by atoms with E-state index in [2.05, 4.69) is 26.5 Å². The molecule has 3 aromatic carbocycles. The Morgan fingerprint density at radius 3 is 2.56 bits per heavy atom. The summed E-state index contributed by atoms with van der Waals surface area (Å²) < 4.78 is 6.70. The van der Waals surface area contributed by atoms with Gasteiger partial charge in [0.15, 0.2) is 6.10 Å². The summed E-state index contributed by atoms with van der Waals surface area (Å²) in [5, 5.41) is 6.16. The van der Waals surface area contributed by atoms with E-state index >= 15 is 0 Å². The van der Waals surface area contributed by atoms with Crippen LogP contribution in [0.1, 0.15) is 12.5 Å². The van der Waals surface area contributed by atoms with E-state index in [1.54, 1.807) is 13.1 Å². The maximum Gasteiger partial charge on any atom is 0.280 e. The van der Waals surface area contributed by atoms with Crippen LogP contribution in [0.4, 0.5) is 0 Å². The molecule has 0 heterocycles. The van der Waals surface area contributed by atoms with Crippen LogP contribution >= 0.6 is 15.9 Å². The normalized spacial score (nSPS) is 12.2. The highest BCUT2D eigenvalue weighted by molar-refractivity contribution is 9.10. The molecule has 25 heavy (non-hydrogen) atoms. The maximum absolute atomic E-state index is 12.1. The fourth-order valence-electron chi connectivity index (χ4n) is 2.31. The average Bonchev–Trinajstić information content (AvgIpc) is 2.63. The number of fused-ring (bicyclic) bond motifs is 1. The molecule has 4 nitrogen and oxygen atoms in total. The summed E-state index contributed by atoms with van der Waals surface area (Å²) >= 11 is 3.37. The van der Waals surface area contributed by atoms with E-state index in [1.165, 1.54) is 0 Å². The van der Waals surface area contributed by atoms with Crippen molar-refractivity contribution in [3.8, 4) is 5.75 Å². The van der Waals surface area contributed by atoms with Crippen molar-refractivity contribution in [1.82, 2.24) is 5.43 Å². The minimum atomic E-state index is -0.650. The predicted molar refractivity (Wildman–Crippen MR) is 104 cm³/mol. The number of halogens is 1. The molecule has 3 rings (SSSR count). The molecule has 0 aliphatic rings. The third-order valence-electron chi connectivity index (χ3n) is 3.66. The van der Waals surface area contributed by atoms with Gasteiger partial charge in [-0.25, -0.2) is 5.43 Å². The number of amides is 1. The molecule has 0 aliphatic carbocycles. The molecule has 0 fully saturated rings. The molecule has 3 aromatic rings. The Morgan fingerprint density at radius 2 is 1.80 bits per heavy atom. The molecule has 126 valence electrons. The summed E-state index contributed by atoms with van der Waals surface area (Å²) in [5.41, 5.74) is 3.39. The number of ether oxygens (including phenoxy) is 1. The first-order valence-corrected chi connectivity index (χ1v) is 8.65. The Morgan fingerprint density at radius 1 is 1.08 bits per heavy atom. The SMILES string of the molecule is C[C@H](Oc1ccc2ccccc2c1)C(=O)N/N=C\c1ccc(Br)cc1. The number of nitrogens with zero attached hydrogens (tertiary/aromatic N) is 1. The molecule has 0 saturated heterocycles. The minimum absolute atomic E-state index is 0.304. The van der Waals surface area contributed by atoms with Crippen molar-refractivity contribution in [2.45, 2.75) is 13.0 Å². The van der Waals surface area contributed by atoms with Gasteiger partial charge in [0.25, 0.3) is 5.91 Å². The Labute approximate surface area is 154 Å². The summed E-state index contributed by atoms with van der Waals surface area (Å²) in [5.74, 6) is 0.347. The predicted octanol–water partition coefficient (Wildman–Crippen LogP) is 4.52. The first-order chi connectivity index (χ1) is 12.1. The summed E-state index contributed by atoms with van der Waals surface area (Å²) in [6.07, 6.45) is 0.941. The van der Waals surface area contributed by atoms with Gasteiger partial charge in [-0.05, 0) is 47.5 Å². The third kappa shape index (κ3) is 4.67. The van der Waals surface area contributed by atoms with Gasteiger partial charge in [-0.1, -0.05) is 58.4 Å². The molecular weight excluding hydrogens is 380 g/mol. The van der Waals surface area contributed by atoms with Crippen LogP contribution in [-0.4, -0.2) is 18.2 Å². The van der Waals surface area contributed by atoms with Crippen molar-refractivity contribution in [3.05, 3.63) is 76.8 Å². The number of carbonyl (C=O) groups is 1. The largest absolute Gasteiger partial charge is 0.481 e. The number of hydrazone groups is 1. The maximum atomic E-state index is 12.1. The van der Waals surface area contributed by atoms with Gasteiger partial charge in [-0.15, -0.1) is 0 Å². The lowest BCUT2D eigenvalue weighted by Crippen LogP contribution is -2.33. The standard InChI is InChI=1S/C20H17BrN2O2/c1-14(20(24)23-22-13-15-6-9-18(21)10-7-15)25-19-11-8-16-4-2-3-5-17(16)12-19/h2-14H,1H3,(H,23,24)/b22-13-/t14-/m0/s1. The molecule has 0 spiro atoms. The number of nitrogens with one attached hydrogen (secondary N) is 1. The van der Waals surface area contributed by atoms with Gasteiger partial charge >= 0.3 is 0 Å². The van der Waals surface area contributed by atoms with Crippen molar-refractivity contribution < 1.29 is 9.53 Å². The van der Waals surface area contributed by atoms with Gasteiger partial charge in [0, 0.05) is 4.47 Å². The fourth-order valence-corrected chi connectivity index (χ4v) is 2.57. The second-order valence-electron chi connectivity index (χ2n) is 5.55. The van der Waals surface area contributed by atoms with Crippen LogP contribution in [0.15, 0.2) is 76.3 Å².